The number of H-pyrrole nitrogens is 1. The van der Waals surface area contributed by atoms with Crippen molar-refractivity contribution in [3.05, 3.63) is 80.1 Å². The van der Waals surface area contributed by atoms with Crippen molar-refractivity contribution >= 4 is 40.0 Å². The van der Waals surface area contributed by atoms with Gasteiger partial charge in [-0.25, -0.2) is 9.67 Å². The number of aromatic amines is 1. The van der Waals surface area contributed by atoms with E-state index in [0.717, 1.165) is 6.42 Å². The number of nitrogens with one attached hydrogen (secondary N) is 1. The molecule has 4 rings (SSSR count). The highest BCUT2D eigenvalue weighted by molar-refractivity contribution is 6.31. The monoisotopic (exact) mass is 470 g/mol. The molecular weight excluding hydrogens is 451 g/mol. The summed E-state index contributed by atoms with van der Waals surface area (Å²) in [6.07, 6.45) is 0.719. The number of rotatable bonds is 6. The summed E-state index contributed by atoms with van der Waals surface area (Å²) in [6, 6.07) is 12.0. The standard InChI is InChI=1S/C22H20Cl2N6O2/c1-3-9-29(12-19-25-18-11-15(24)7-8-17(18)21(31)26-19)22(32)20-13(2)30(28-27-20)16-6-4-5-14(23)10-16/h4-8,10-11H,3,9,12H2,1-2H3,(H,25,26,31). The van der Waals surface area contributed by atoms with E-state index in [1.807, 2.05) is 13.0 Å². The van der Waals surface area contributed by atoms with Crippen LogP contribution in [0.4, 0.5) is 0 Å². The normalized spacial score (nSPS) is 11.1. The van der Waals surface area contributed by atoms with Gasteiger partial charge < -0.3 is 9.88 Å². The first-order chi connectivity index (χ1) is 15.4. The minimum Gasteiger partial charge on any atom is -0.330 e. The Hall–Kier alpha value is -3.23. The second-order valence-electron chi connectivity index (χ2n) is 7.32. The number of aromatic nitrogens is 5. The van der Waals surface area contributed by atoms with Crippen LogP contribution in [0.2, 0.25) is 10.0 Å². The molecule has 0 atom stereocenters. The number of hydrogen-bond acceptors (Lipinski definition) is 5. The molecule has 0 aliphatic carbocycles. The maximum atomic E-state index is 13.3. The van der Waals surface area contributed by atoms with Crippen LogP contribution < -0.4 is 5.56 Å². The smallest absolute Gasteiger partial charge is 0.276 e. The van der Waals surface area contributed by atoms with Crippen LogP contribution in [0.1, 0.15) is 35.4 Å². The van der Waals surface area contributed by atoms with Crippen molar-refractivity contribution in [2.75, 3.05) is 6.54 Å². The van der Waals surface area contributed by atoms with Crippen molar-refractivity contribution in [1.82, 2.24) is 29.9 Å². The number of nitrogens with zero attached hydrogens (tertiary/aromatic N) is 5. The molecule has 0 aliphatic rings. The molecule has 0 spiro atoms. The Bertz CT molecular complexity index is 1360. The average Bonchev–Trinajstić information content (AvgIpc) is 3.14. The van der Waals surface area contributed by atoms with Crippen LogP contribution in [-0.4, -0.2) is 42.3 Å². The lowest BCUT2D eigenvalue weighted by atomic mass is 10.2. The van der Waals surface area contributed by atoms with Gasteiger partial charge in [-0.15, -0.1) is 5.10 Å². The van der Waals surface area contributed by atoms with Crippen LogP contribution in [0.25, 0.3) is 16.6 Å². The van der Waals surface area contributed by atoms with Crippen LogP contribution in [-0.2, 0) is 6.54 Å². The fourth-order valence-corrected chi connectivity index (χ4v) is 3.82. The van der Waals surface area contributed by atoms with Gasteiger partial charge in [0, 0.05) is 16.6 Å². The molecule has 0 radical (unpaired) electrons. The zero-order valence-electron chi connectivity index (χ0n) is 17.5. The number of carbonyl (C=O) groups is 1. The van der Waals surface area contributed by atoms with Gasteiger partial charge in [0.2, 0.25) is 0 Å². The van der Waals surface area contributed by atoms with E-state index in [1.165, 1.54) is 0 Å². The van der Waals surface area contributed by atoms with E-state index >= 15 is 0 Å². The van der Waals surface area contributed by atoms with Crippen LogP contribution in [0.3, 0.4) is 0 Å². The van der Waals surface area contributed by atoms with Crippen LogP contribution in [0.15, 0.2) is 47.3 Å². The maximum Gasteiger partial charge on any atom is 0.276 e. The van der Waals surface area contributed by atoms with E-state index in [1.54, 1.807) is 52.9 Å². The Labute approximate surface area is 193 Å². The topological polar surface area (TPSA) is 96.8 Å². The van der Waals surface area contributed by atoms with Crippen molar-refractivity contribution in [1.29, 1.82) is 0 Å². The summed E-state index contributed by atoms with van der Waals surface area (Å²) in [5.74, 6) is 0.0675. The van der Waals surface area contributed by atoms with Crippen molar-refractivity contribution in [2.24, 2.45) is 0 Å². The SMILES string of the molecule is CCCN(Cc1nc2cc(Cl)ccc2c(=O)[nH]1)C(=O)c1nnn(-c2cccc(Cl)c2)c1C. The predicted octanol–water partition coefficient (Wildman–Crippen LogP) is 4.17. The highest BCUT2D eigenvalue weighted by Crippen LogP contribution is 2.19. The van der Waals surface area contributed by atoms with Gasteiger partial charge in [-0.1, -0.05) is 41.4 Å². The molecule has 0 bridgehead atoms. The number of hydrogen-bond donors (Lipinski definition) is 1. The average molecular weight is 471 g/mol. The molecule has 0 unspecified atom stereocenters. The summed E-state index contributed by atoms with van der Waals surface area (Å²) in [5.41, 5.74) is 1.72. The van der Waals surface area contributed by atoms with Gasteiger partial charge in [0.05, 0.1) is 28.8 Å². The predicted molar refractivity (Wildman–Crippen MR) is 124 cm³/mol. The molecule has 164 valence electrons. The Morgan fingerprint density at radius 1 is 1.16 bits per heavy atom. The summed E-state index contributed by atoms with van der Waals surface area (Å²) in [4.78, 5) is 34.6. The molecule has 2 heterocycles. The third-order valence-corrected chi connectivity index (χ3v) is 5.46. The lowest BCUT2D eigenvalue weighted by molar-refractivity contribution is 0.0732. The van der Waals surface area contributed by atoms with Gasteiger partial charge in [-0.3, -0.25) is 9.59 Å². The number of amides is 1. The molecule has 8 nitrogen and oxygen atoms in total. The first-order valence-corrected chi connectivity index (χ1v) is 10.8. The largest absolute Gasteiger partial charge is 0.330 e. The molecule has 0 fully saturated rings. The van der Waals surface area contributed by atoms with Crippen LogP contribution in [0, 0.1) is 6.92 Å². The minimum atomic E-state index is -0.300. The van der Waals surface area contributed by atoms with Gasteiger partial charge >= 0.3 is 0 Å². The summed E-state index contributed by atoms with van der Waals surface area (Å²) in [6.45, 7) is 4.32. The number of benzene rings is 2. The zero-order valence-corrected chi connectivity index (χ0v) is 19.0. The second kappa shape index (κ2) is 9.10. The van der Waals surface area contributed by atoms with Gasteiger partial charge in [0.1, 0.15) is 5.82 Å². The van der Waals surface area contributed by atoms with Crippen LogP contribution >= 0.6 is 23.2 Å². The summed E-state index contributed by atoms with van der Waals surface area (Å²) >= 11 is 12.1. The second-order valence-corrected chi connectivity index (χ2v) is 8.19. The quantitative estimate of drug-likeness (QED) is 0.455. The van der Waals surface area contributed by atoms with Gasteiger partial charge in [0.25, 0.3) is 11.5 Å². The lowest BCUT2D eigenvalue weighted by Gasteiger charge is -2.21. The third kappa shape index (κ3) is 4.37. The van der Waals surface area contributed by atoms with Crippen molar-refractivity contribution in [3.8, 4) is 5.69 Å². The van der Waals surface area contributed by atoms with Crippen LogP contribution in [0.5, 0.6) is 0 Å². The molecule has 32 heavy (non-hydrogen) atoms. The molecule has 0 aliphatic heterocycles. The van der Waals surface area contributed by atoms with Gasteiger partial charge in [0.15, 0.2) is 5.69 Å². The van der Waals surface area contributed by atoms with Crippen molar-refractivity contribution in [2.45, 2.75) is 26.8 Å². The molecule has 0 saturated carbocycles. The molecule has 0 saturated heterocycles. The molecule has 2 aromatic carbocycles. The van der Waals surface area contributed by atoms with Crippen molar-refractivity contribution in [3.63, 3.8) is 0 Å². The Morgan fingerprint density at radius 2 is 1.94 bits per heavy atom. The summed E-state index contributed by atoms with van der Waals surface area (Å²) in [5, 5.41) is 9.73. The zero-order chi connectivity index (χ0) is 22.8. The molecule has 1 amide bonds. The number of carbonyl (C=O) groups excluding carboxylic acids is 1. The Balaban J connectivity index is 1.66. The minimum absolute atomic E-state index is 0.119. The van der Waals surface area contributed by atoms with Crippen molar-refractivity contribution < 1.29 is 4.79 Å². The fraction of sp³-hybridized carbons (Fsp3) is 0.227. The van der Waals surface area contributed by atoms with E-state index in [0.29, 0.717) is 44.7 Å². The van der Waals surface area contributed by atoms with E-state index < -0.39 is 0 Å². The highest BCUT2D eigenvalue weighted by Gasteiger charge is 2.24. The highest BCUT2D eigenvalue weighted by atomic mass is 35.5. The van der Waals surface area contributed by atoms with Gasteiger partial charge in [-0.05, 0) is 49.7 Å². The Morgan fingerprint density at radius 3 is 2.69 bits per heavy atom. The summed E-state index contributed by atoms with van der Waals surface area (Å²) < 4.78 is 1.57. The Kier molecular flexibility index (Phi) is 6.25. The van der Waals surface area contributed by atoms with E-state index in [-0.39, 0.29) is 23.7 Å². The van der Waals surface area contributed by atoms with E-state index in [9.17, 15) is 9.59 Å². The first kappa shape index (κ1) is 22.0. The molecule has 2 aromatic heterocycles. The molecule has 4 aromatic rings. The lowest BCUT2D eigenvalue weighted by Crippen LogP contribution is -2.33. The third-order valence-electron chi connectivity index (χ3n) is 4.99. The summed E-state index contributed by atoms with van der Waals surface area (Å²) in [7, 11) is 0. The number of halogens is 2. The first-order valence-electron chi connectivity index (χ1n) is 10.0. The molecule has 1 N–H and O–H groups in total. The number of fused-ring (bicyclic) bond motifs is 1. The molecular formula is C22H20Cl2N6O2. The molecule has 10 heteroatoms. The fourth-order valence-electron chi connectivity index (χ4n) is 3.47. The van der Waals surface area contributed by atoms with Gasteiger partial charge in [-0.2, -0.15) is 0 Å². The van der Waals surface area contributed by atoms with E-state index in [2.05, 4.69) is 20.3 Å². The maximum absolute atomic E-state index is 13.3. The van der Waals surface area contributed by atoms with E-state index in [4.69, 9.17) is 23.2 Å².